The van der Waals surface area contributed by atoms with E-state index < -0.39 is 11.7 Å². The van der Waals surface area contributed by atoms with Crippen molar-refractivity contribution >= 4 is 34.4 Å². The van der Waals surface area contributed by atoms with Gasteiger partial charge in [-0.3, -0.25) is 9.59 Å². The molecule has 248 valence electrons. The van der Waals surface area contributed by atoms with Gasteiger partial charge in [-0.1, -0.05) is 60.7 Å². The lowest BCUT2D eigenvalue weighted by molar-refractivity contribution is -0.131. The van der Waals surface area contributed by atoms with Crippen LogP contribution in [0.4, 0.5) is 11.7 Å². The van der Waals surface area contributed by atoms with Crippen LogP contribution < -0.4 is 25.9 Å². The zero-order valence-electron chi connectivity index (χ0n) is 27.9. The summed E-state index contributed by atoms with van der Waals surface area (Å²) in [6.07, 6.45) is 0.568. The maximum Gasteiger partial charge on any atom is 0.348 e. The van der Waals surface area contributed by atoms with Gasteiger partial charge in [0.1, 0.15) is 11.8 Å². The van der Waals surface area contributed by atoms with Gasteiger partial charge in [0.25, 0.3) is 6.01 Å². The number of nitrogens with one attached hydrogen (secondary N) is 2. The third kappa shape index (κ3) is 8.38. The SMILES string of the molecule is COc1ccc(C[C@H](Nc2nc3ccc(CNC(=O)Cc4ccc(N(C)C)cc4)c(C)c3c(=O)o2)C(=O)N(C)Cc2ccccc2)cc1. The molecule has 10 nitrogen and oxygen atoms in total. The fraction of sp³-hybridized carbons (Fsp3) is 0.263. The number of hydrogen-bond donors (Lipinski definition) is 2. The van der Waals surface area contributed by atoms with Crippen LogP contribution in [0.15, 0.2) is 100 Å². The Kier molecular flexibility index (Phi) is 10.7. The Bertz CT molecular complexity index is 1920. The van der Waals surface area contributed by atoms with E-state index in [1.165, 1.54) is 0 Å². The van der Waals surface area contributed by atoms with Gasteiger partial charge in [0, 0.05) is 46.3 Å². The van der Waals surface area contributed by atoms with Gasteiger partial charge in [0.15, 0.2) is 0 Å². The Balaban J connectivity index is 1.32. The summed E-state index contributed by atoms with van der Waals surface area (Å²) < 4.78 is 10.9. The predicted molar refractivity (Wildman–Crippen MR) is 188 cm³/mol. The molecule has 0 radical (unpaired) electrons. The van der Waals surface area contributed by atoms with Crippen LogP contribution in [0.25, 0.3) is 10.9 Å². The van der Waals surface area contributed by atoms with Crippen LogP contribution in [-0.4, -0.2) is 56.0 Å². The molecule has 2 N–H and O–H groups in total. The zero-order valence-corrected chi connectivity index (χ0v) is 27.9. The number of benzene rings is 4. The number of fused-ring (bicyclic) bond motifs is 1. The summed E-state index contributed by atoms with van der Waals surface area (Å²) in [5.41, 5.74) is 5.16. The largest absolute Gasteiger partial charge is 0.497 e. The second kappa shape index (κ2) is 15.3. The monoisotopic (exact) mass is 647 g/mol. The van der Waals surface area contributed by atoms with Crippen LogP contribution in [0.3, 0.4) is 0 Å². The van der Waals surface area contributed by atoms with Crippen molar-refractivity contribution in [3.63, 3.8) is 0 Å². The summed E-state index contributed by atoms with van der Waals surface area (Å²) in [4.78, 5) is 48.0. The first-order valence-electron chi connectivity index (χ1n) is 15.8. The highest BCUT2D eigenvalue weighted by atomic mass is 16.5. The highest BCUT2D eigenvalue weighted by molar-refractivity contribution is 5.86. The molecule has 4 aromatic carbocycles. The van der Waals surface area contributed by atoms with Crippen molar-refractivity contribution in [3.8, 4) is 5.75 Å². The summed E-state index contributed by atoms with van der Waals surface area (Å²) in [5, 5.41) is 6.38. The summed E-state index contributed by atoms with van der Waals surface area (Å²) in [5.74, 6) is 0.402. The van der Waals surface area contributed by atoms with Crippen molar-refractivity contribution in [1.82, 2.24) is 15.2 Å². The number of rotatable bonds is 13. The number of ether oxygens (including phenoxy) is 1. The van der Waals surface area contributed by atoms with Crippen LogP contribution >= 0.6 is 0 Å². The summed E-state index contributed by atoms with van der Waals surface area (Å²) in [6.45, 7) is 2.48. The molecular weight excluding hydrogens is 606 g/mol. The van der Waals surface area contributed by atoms with Crippen LogP contribution in [0.1, 0.15) is 27.8 Å². The van der Waals surface area contributed by atoms with E-state index in [1.807, 2.05) is 111 Å². The van der Waals surface area contributed by atoms with Gasteiger partial charge in [-0.25, -0.2) is 4.79 Å². The molecule has 0 bridgehead atoms. The molecule has 0 fully saturated rings. The van der Waals surface area contributed by atoms with Crippen LogP contribution in [0.5, 0.6) is 5.75 Å². The lowest BCUT2D eigenvalue weighted by Gasteiger charge is -2.25. The van der Waals surface area contributed by atoms with E-state index in [-0.39, 0.29) is 30.8 Å². The molecule has 10 heteroatoms. The fourth-order valence-corrected chi connectivity index (χ4v) is 5.52. The van der Waals surface area contributed by atoms with Gasteiger partial charge in [-0.2, -0.15) is 4.98 Å². The average molecular weight is 648 g/mol. The maximum absolute atomic E-state index is 13.8. The van der Waals surface area contributed by atoms with E-state index in [0.29, 0.717) is 35.2 Å². The standard InChI is InChI=1S/C38H41N5O5/c1-25-29(23-39-34(44)22-27-11-16-30(17-12-27)42(2)3)15-20-32-35(25)37(46)48-38(40-32)41-33(21-26-13-18-31(47-5)19-14-26)36(45)43(4)24-28-9-7-6-8-10-28/h6-20,33H,21-24H2,1-5H3,(H,39,44)(H,40,41)/t33-/m0/s1. The fourth-order valence-electron chi connectivity index (χ4n) is 5.52. The second-order valence-electron chi connectivity index (χ2n) is 12.0. The number of carbonyl (C=O) groups is 2. The van der Waals surface area contributed by atoms with E-state index >= 15 is 0 Å². The Labute approximate surface area is 280 Å². The normalized spacial score (nSPS) is 11.5. The molecule has 1 aromatic heterocycles. The number of anilines is 2. The third-order valence-corrected chi connectivity index (χ3v) is 8.30. The van der Waals surface area contributed by atoms with Crippen LogP contribution in [-0.2, 0) is 35.5 Å². The second-order valence-corrected chi connectivity index (χ2v) is 12.0. The summed E-state index contributed by atoms with van der Waals surface area (Å²) in [7, 11) is 7.28. The first-order valence-corrected chi connectivity index (χ1v) is 15.8. The minimum atomic E-state index is -0.769. The molecule has 0 aliphatic heterocycles. The molecule has 2 amide bonds. The maximum atomic E-state index is 13.8. The molecule has 5 rings (SSSR count). The van der Waals surface area contributed by atoms with E-state index in [1.54, 1.807) is 25.1 Å². The van der Waals surface area contributed by atoms with E-state index in [2.05, 4.69) is 15.6 Å². The Hall–Kier alpha value is -5.64. The Morgan fingerprint density at radius 3 is 2.23 bits per heavy atom. The van der Waals surface area contributed by atoms with Gasteiger partial charge in [0.2, 0.25) is 11.8 Å². The van der Waals surface area contributed by atoms with Crippen molar-refractivity contribution in [2.24, 2.45) is 0 Å². The zero-order chi connectivity index (χ0) is 34.2. The van der Waals surface area contributed by atoms with Crippen molar-refractivity contribution < 1.29 is 18.7 Å². The molecule has 48 heavy (non-hydrogen) atoms. The number of aryl methyl sites for hydroxylation is 1. The highest BCUT2D eigenvalue weighted by Crippen LogP contribution is 2.21. The van der Waals surface area contributed by atoms with E-state index in [0.717, 1.165) is 27.9 Å². The first-order chi connectivity index (χ1) is 23.1. The minimum absolute atomic E-state index is 0.0480. The minimum Gasteiger partial charge on any atom is -0.497 e. The average Bonchev–Trinajstić information content (AvgIpc) is 3.08. The summed E-state index contributed by atoms with van der Waals surface area (Å²) >= 11 is 0. The Morgan fingerprint density at radius 1 is 0.875 bits per heavy atom. The molecular formula is C38H41N5O5. The van der Waals surface area contributed by atoms with Crippen molar-refractivity contribution in [1.29, 1.82) is 0 Å². The van der Waals surface area contributed by atoms with Gasteiger partial charge < -0.3 is 29.6 Å². The first kappa shape index (κ1) is 33.7. The number of hydrogen-bond acceptors (Lipinski definition) is 8. The van der Waals surface area contributed by atoms with Gasteiger partial charge in [-0.15, -0.1) is 0 Å². The van der Waals surface area contributed by atoms with Crippen molar-refractivity contribution in [2.75, 3.05) is 38.5 Å². The molecule has 5 aromatic rings. The van der Waals surface area contributed by atoms with E-state index in [9.17, 15) is 14.4 Å². The number of nitrogens with zero attached hydrogens (tertiary/aromatic N) is 3. The molecule has 0 saturated carbocycles. The number of amides is 2. The lowest BCUT2D eigenvalue weighted by Crippen LogP contribution is -2.42. The molecule has 0 unspecified atom stereocenters. The molecule has 0 aliphatic carbocycles. The quantitative estimate of drug-likeness (QED) is 0.181. The van der Waals surface area contributed by atoms with Crippen LogP contribution in [0, 0.1) is 6.92 Å². The van der Waals surface area contributed by atoms with Gasteiger partial charge >= 0.3 is 5.63 Å². The molecule has 0 spiro atoms. The predicted octanol–water partition coefficient (Wildman–Crippen LogP) is 5.11. The van der Waals surface area contributed by atoms with Gasteiger partial charge in [0.05, 0.1) is 24.4 Å². The molecule has 0 saturated heterocycles. The smallest absolute Gasteiger partial charge is 0.348 e. The molecule has 1 heterocycles. The van der Waals surface area contributed by atoms with Crippen molar-refractivity contribution in [3.05, 3.63) is 129 Å². The molecule has 1 atom stereocenters. The summed E-state index contributed by atoms with van der Waals surface area (Å²) in [6, 6.07) is 27.8. The topological polar surface area (TPSA) is 117 Å². The van der Waals surface area contributed by atoms with Crippen LogP contribution in [0.2, 0.25) is 0 Å². The number of carbonyl (C=O) groups excluding carboxylic acids is 2. The number of methoxy groups -OCH3 is 1. The highest BCUT2D eigenvalue weighted by Gasteiger charge is 2.25. The third-order valence-electron chi connectivity index (χ3n) is 8.30. The van der Waals surface area contributed by atoms with Crippen molar-refractivity contribution in [2.45, 2.75) is 38.9 Å². The van der Waals surface area contributed by atoms with E-state index in [4.69, 9.17) is 9.15 Å². The Morgan fingerprint density at radius 2 is 1.56 bits per heavy atom. The molecule has 0 aliphatic rings. The number of aromatic nitrogens is 1. The van der Waals surface area contributed by atoms with Gasteiger partial charge in [-0.05, 0) is 65.1 Å². The number of likely N-dealkylation sites (N-methyl/N-ethyl adjacent to an activating group) is 1. The lowest BCUT2D eigenvalue weighted by atomic mass is 10.0.